The van der Waals surface area contributed by atoms with Crippen molar-refractivity contribution in [2.24, 2.45) is 0 Å². The van der Waals surface area contributed by atoms with E-state index in [0.717, 1.165) is 39.1 Å². The molecule has 1 fully saturated rings. The molecule has 0 bridgehead atoms. The lowest BCUT2D eigenvalue weighted by Gasteiger charge is -2.12. The van der Waals surface area contributed by atoms with Crippen molar-refractivity contribution in [2.75, 3.05) is 7.11 Å². The minimum absolute atomic E-state index is 0.114. The molecular formula is C24H16IN3O8S. The molecule has 188 valence electrons. The molecule has 3 aromatic rings. The van der Waals surface area contributed by atoms with Crippen LogP contribution >= 0.6 is 34.4 Å². The van der Waals surface area contributed by atoms with Gasteiger partial charge in [0.25, 0.3) is 16.8 Å². The molecule has 11 nitrogen and oxygen atoms in total. The molecule has 0 atom stereocenters. The zero-order chi connectivity index (χ0) is 26.7. The van der Waals surface area contributed by atoms with Gasteiger partial charge in [-0.05, 0) is 81.9 Å². The third-order valence-electron chi connectivity index (χ3n) is 5.18. The van der Waals surface area contributed by atoms with Crippen molar-refractivity contribution in [2.45, 2.75) is 6.54 Å². The monoisotopic (exact) mass is 633 g/mol. The molecule has 0 unspecified atom stereocenters. The first-order chi connectivity index (χ1) is 17.7. The largest absolute Gasteiger partial charge is 0.493 e. The van der Waals surface area contributed by atoms with Crippen LogP contribution in [0.4, 0.5) is 16.2 Å². The summed E-state index contributed by atoms with van der Waals surface area (Å²) >= 11 is 3.00. The number of non-ortho nitro benzene ring substituents is 1. The summed E-state index contributed by atoms with van der Waals surface area (Å²) in [5.41, 5.74) is 0.328. The number of methoxy groups -OCH3 is 1. The fourth-order valence-electron chi connectivity index (χ4n) is 3.39. The Balaban J connectivity index is 1.57. The van der Waals surface area contributed by atoms with Crippen LogP contribution in [0.25, 0.3) is 6.08 Å². The summed E-state index contributed by atoms with van der Waals surface area (Å²) in [5, 5.41) is 22.0. The van der Waals surface area contributed by atoms with Gasteiger partial charge in [0.05, 0.1) is 34.5 Å². The highest BCUT2D eigenvalue weighted by atomic mass is 127. The van der Waals surface area contributed by atoms with E-state index in [1.165, 1.54) is 18.1 Å². The fourth-order valence-corrected chi connectivity index (χ4v) is 4.58. The van der Waals surface area contributed by atoms with Gasteiger partial charge in [-0.1, -0.05) is 18.2 Å². The quantitative estimate of drug-likeness (QED) is 0.124. The number of nitrogens with zero attached hydrogens (tertiary/aromatic N) is 3. The Morgan fingerprint density at radius 3 is 2.30 bits per heavy atom. The maximum absolute atomic E-state index is 12.9. The highest BCUT2D eigenvalue weighted by molar-refractivity contribution is 14.1. The number of imide groups is 1. The molecule has 1 saturated heterocycles. The molecular weight excluding hydrogens is 617 g/mol. The van der Waals surface area contributed by atoms with E-state index in [0.29, 0.717) is 5.56 Å². The molecule has 4 rings (SSSR count). The fraction of sp³-hybridized carbons (Fsp3) is 0.0833. The first-order valence-corrected chi connectivity index (χ1v) is 12.3. The van der Waals surface area contributed by atoms with E-state index < -0.39 is 27.1 Å². The third kappa shape index (κ3) is 5.89. The predicted octanol–water partition coefficient (Wildman–Crippen LogP) is 6.15. The van der Waals surface area contributed by atoms with Crippen LogP contribution in [0.15, 0.2) is 65.6 Å². The Bertz CT molecular complexity index is 1460. The number of thioether (sulfide) groups is 1. The Kier molecular flexibility index (Phi) is 7.73. The predicted molar refractivity (Wildman–Crippen MR) is 143 cm³/mol. The molecule has 13 heteroatoms. The highest BCUT2D eigenvalue weighted by Crippen LogP contribution is 2.39. The van der Waals surface area contributed by atoms with E-state index in [1.807, 2.05) is 24.3 Å². The number of amides is 2. The standard InChI is InChI=1S/C24H16IN3O8S/c1-35-21-10-15(4-8-20(21)36-19-9-7-17(27(31)32)12-18(19)28(33)34)11-22-23(29)26(24(30)37-22)13-14-2-5-16(25)6-3-14/h2-12H,13H2,1H3/b22-11-. The number of rotatable bonds is 8. The van der Waals surface area contributed by atoms with Gasteiger partial charge in [0.1, 0.15) is 0 Å². The van der Waals surface area contributed by atoms with Crippen LogP contribution < -0.4 is 9.47 Å². The van der Waals surface area contributed by atoms with Crippen LogP contribution in [0.5, 0.6) is 17.2 Å². The van der Waals surface area contributed by atoms with Gasteiger partial charge < -0.3 is 9.47 Å². The van der Waals surface area contributed by atoms with Crippen LogP contribution in [0.3, 0.4) is 0 Å². The summed E-state index contributed by atoms with van der Waals surface area (Å²) in [7, 11) is 1.37. The average molecular weight is 633 g/mol. The minimum atomic E-state index is -0.782. The lowest BCUT2D eigenvalue weighted by molar-refractivity contribution is -0.394. The summed E-state index contributed by atoms with van der Waals surface area (Å²) in [6.07, 6.45) is 1.54. The van der Waals surface area contributed by atoms with E-state index in [4.69, 9.17) is 9.47 Å². The molecule has 0 radical (unpaired) electrons. The van der Waals surface area contributed by atoms with E-state index in [1.54, 1.807) is 18.2 Å². The molecule has 0 aromatic heterocycles. The normalized spacial score (nSPS) is 14.2. The van der Waals surface area contributed by atoms with E-state index in [9.17, 15) is 29.8 Å². The van der Waals surface area contributed by atoms with Crippen LogP contribution in [0.2, 0.25) is 0 Å². The molecule has 0 N–H and O–H groups in total. The smallest absolute Gasteiger partial charge is 0.318 e. The number of benzene rings is 3. The number of nitro groups is 2. The number of hydrogen-bond acceptors (Lipinski definition) is 9. The number of ether oxygens (including phenoxy) is 2. The Labute approximate surface area is 227 Å². The first-order valence-electron chi connectivity index (χ1n) is 10.4. The number of carbonyl (C=O) groups excluding carboxylic acids is 2. The molecule has 1 aliphatic rings. The Morgan fingerprint density at radius 2 is 1.65 bits per heavy atom. The van der Waals surface area contributed by atoms with E-state index >= 15 is 0 Å². The minimum Gasteiger partial charge on any atom is -0.493 e. The Hall–Kier alpha value is -3.98. The zero-order valence-corrected chi connectivity index (χ0v) is 21.9. The van der Waals surface area contributed by atoms with Gasteiger partial charge >= 0.3 is 5.69 Å². The second-order valence-corrected chi connectivity index (χ2v) is 9.81. The number of hydrogen-bond donors (Lipinski definition) is 0. The van der Waals surface area contributed by atoms with Crippen molar-refractivity contribution in [3.05, 3.63) is 100 Å². The van der Waals surface area contributed by atoms with Crippen molar-refractivity contribution in [3.8, 4) is 17.2 Å². The Morgan fingerprint density at radius 1 is 0.946 bits per heavy atom. The van der Waals surface area contributed by atoms with Gasteiger partial charge in [0.2, 0.25) is 5.75 Å². The van der Waals surface area contributed by atoms with Crippen LogP contribution in [0.1, 0.15) is 11.1 Å². The molecule has 1 aliphatic heterocycles. The summed E-state index contributed by atoms with van der Waals surface area (Å²) < 4.78 is 12.0. The lowest BCUT2D eigenvalue weighted by atomic mass is 10.1. The van der Waals surface area contributed by atoms with Gasteiger partial charge in [0.15, 0.2) is 11.5 Å². The lowest BCUT2D eigenvalue weighted by Crippen LogP contribution is -2.27. The van der Waals surface area contributed by atoms with Gasteiger partial charge in [0, 0.05) is 9.64 Å². The average Bonchev–Trinajstić information content (AvgIpc) is 3.13. The molecule has 1 heterocycles. The van der Waals surface area contributed by atoms with Gasteiger partial charge in [-0.3, -0.25) is 34.7 Å². The van der Waals surface area contributed by atoms with Crippen LogP contribution in [-0.2, 0) is 11.3 Å². The second-order valence-electron chi connectivity index (χ2n) is 7.57. The van der Waals surface area contributed by atoms with Crippen molar-refractivity contribution < 1.29 is 28.9 Å². The van der Waals surface area contributed by atoms with Gasteiger partial charge in [-0.25, -0.2) is 0 Å². The van der Waals surface area contributed by atoms with Crippen LogP contribution in [-0.4, -0.2) is 33.0 Å². The first kappa shape index (κ1) is 26.1. The maximum atomic E-state index is 12.9. The topological polar surface area (TPSA) is 142 Å². The highest BCUT2D eigenvalue weighted by Gasteiger charge is 2.35. The maximum Gasteiger partial charge on any atom is 0.318 e. The zero-order valence-electron chi connectivity index (χ0n) is 19.0. The third-order valence-corrected chi connectivity index (χ3v) is 6.81. The van der Waals surface area contributed by atoms with Crippen molar-refractivity contribution in [3.63, 3.8) is 0 Å². The molecule has 0 aliphatic carbocycles. The van der Waals surface area contributed by atoms with Crippen LogP contribution in [0, 0.1) is 23.8 Å². The molecule has 0 spiro atoms. The van der Waals surface area contributed by atoms with Crippen molar-refractivity contribution in [1.82, 2.24) is 4.90 Å². The molecule has 37 heavy (non-hydrogen) atoms. The number of nitro benzene ring substituents is 2. The van der Waals surface area contributed by atoms with Gasteiger partial charge in [-0.15, -0.1) is 0 Å². The summed E-state index contributed by atoms with van der Waals surface area (Å²) in [5.74, 6) is -0.323. The van der Waals surface area contributed by atoms with E-state index in [-0.39, 0.29) is 33.9 Å². The number of halogens is 1. The summed E-state index contributed by atoms with van der Waals surface area (Å²) in [6, 6.07) is 15.1. The van der Waals surface area contributed by atoms with Crippen molar-refractivity contribution in [1.29, 1.82) is 0 Å². The molecule has 2 amide bonds. The summed E-state index contributed by atoms with van der Waals surface area (Å²) in [4.78, 5) is 47.6. The van der Waals surface area contributed by atoms with E-state index in [2.05, 4.69) is 22.6 Å². The summed E-state index contributed by atoms with van der Waals surface area (Å²) in [6.45, 7) is 0.156. The van der Waals surface area contributed by atoms with Gasteiger partial charge in [-0.2, -0.15) is 0 Å². The molecule has 0 saturated carbocycles. The SMILES string of the molecule is COc1cc(/C=C2\SC(=O)N(Cc3ccc(I)cc3)C2=O)ccc1Oc1ccc([N+](=O)[O-])cc1[N+](=O)[O-]. The number of carbonyl (C=O) groups is 2. The second kappa shape index (κ2) is 11.0. The van der Waals surface area contributed by atoms with Crippen molar-refractivity contribution >= 4 is 62.9 Å². The molecule has 3 aromatic carbocycles.